The molecule has 0 atom stereocenters. The molecule has 0 bridgehead atoms. The Bertz CT molecular complexity index is 1710. The van der Waals surface area contributed by atoms with E-state index in [-0.39, 0.29) is 12.0 Å². The molecule has 0 radical (unpaired) electrons. The lowest BCUT2D eigenvalue weighted by atomic mass is 9.90. The van der Waals surface area contributed by atoms with Crippen LogP contribution in [0.4, 0.5) is 11.6 Å². The quantitative estimate of drug-likeness (QED) is 0.204. The molecule has 0 saturated carbocycles. The molecule has 43 heavy (non-hydrogen) atoms. The molecule has 3 aromatic carbocycles. The second-order valence-corrected chi connectivity index (χ2v) is 12.0. The van der Waals surface area contributed by atoms with Crippen molar-refractivity contribution in [1.82, 2.24) is 14.7 Å². The topological polar surface area (TPSA) is 145 Å². The maximum atomic E-state index is 13.3. The van der Waals surface area contributed by atoms with Crippen LogP contribution in [-0.2, 0) is 22.9 Å². The number of rotatable bonds is 10. The number of sulfonamides is 1. The maximum Gasteiger partial charge on any atom is 0.270 e. The van der Waals surface area contributed by atoms with Gasteiger partial charge in [-0.3, -0.25) is 14.9 Å². The molecule has 222 valence electrons. The van der Waals surface area contributed by atoms with Crippen LogP contribution in [0.15, 0.2) is 90.0 Å². The first kappa shape index (κ1) is 29.6. The zero-order chi connectivity index (χ0) is 30.4. The van der Waals surface area contributed by atoms with Gasteiger partial charge in [0, 0.05) is 37.8 Å². The highest BCUT2D eigenvalue weighted by molar-refractivity contribution is 7.90. The monoisotopic (exact) mass is 601 g/mol. The molecule has 5 rings (SSSR count). The average molecular weight is 602 g/mol. The summed E-state index contributed by atoms with van der Waals surface area (Å²) in [7, 11) is -2.84. The summed E-state index contributed by atoms with van der Waals surface area (Å²) in [5, 5.41) is 11.1. The largest absolute Gasteiger partial charge is 0.497 e. The summed E-state index contributed by atoms with van der Waals surface area (Å²) >= 11 is 0. The molecular weight excluding hydrogens is 570 g/mol. The molecule has 1 aromatic heterocycles. The average Bonchev–Trinajstić information content (AvgIpc) is 3.02. The van der Waals surface area contributed by atoms with Crippen LogP contribution in [0.3, 0.4) is 0 Å². The molecule has 1 saturated heterocycles. The van der Waals surface area contributed by atoms with Gasteiger partial charge in [0.1, 0.15) is 5.75 Å². The third-order valence-electron chi connectivity index (χ3n) is 7.46. The summed E-state index contributed by atoms with van der Waals surface area (Å²) in [4.78, 5) is 34.6. The number of nitrogens with one attached hydrogen (secondary N) is 1. The SMILES string of the molecule is COc1ccc(Cc2nc(N3CCC(Cc4ccccc4)CC3)ncc2C(=O)NS(=O)(=O)c2cccc([N+](=O)[O-])c2)cc1. The Hall–Kier alpha value is -4.84. The first-order valence-corrected chi connectivity index (χ1v) is 15.3. The van der Waals surface area contributed by atoms with Crippen molar-refractivity contribution >= 4 is 27.6 Å². The molecule has 1 aliphatic heterocycles. The van der Waals surface area contributed by atoms with Crippen molar-refractivity contribution in [2.45, 2.75) is 30.6 Å². The third-order valence-corrected chi connectivity index (χ3v) is 8.79. The van der Waals surface area contributed by atoms with E-state index in [2.05, 4.69) is 34.1 Å². The number of hydrogen-bond acceptors (Lipinski definition) is 9. The van der Waals surface area contributed by atoms with E-state index in [0.29, 0.717) is 23.3 Å². The number of methoxy groups -OCH3 is 1. The highest BCUT2D eigenvalue weighted by atomic mass is 32.2. The minimum absolute atomic E-state index is 0.00691. The number of piperidine rings is 1. The lowest BCUT2D eigenvalue weighted by Crippen LogP contribution is -2.36. The highest BCUT2D eigenvalue weighted by Crippen LogP contribution is 2.26. The van der Waals surface area contributed by atoms with E-state index in [1.807, 2.05) is 22.9 Å². The number of nitro groups is 1. The zero-order valence-corrected chi connectivity index (χ0v) is 24.4. The van der Waals surface area contributed by atoms with E-state index in [1.165, 1.54) is 30.0 Å². The van der Waals surface area contributed by atoms with Gasteiger partial charge in [0.2, 0.25) is 5.95 Å². The summed E-state index contributed by atoms with van der Waals surface area (Å²) < 4.78 is 33.2. The predicted molar refractivity (Wildman–Crippen MR) is 161 cm³/mol. The van der Waals surface area contributed by atoms with Crippen LogP contribution in [0.2, 0.25) is 0 Å². The minimum atomic E-state index is -4.41. The Morgan fingerprint density at radius 2 is 1.74 bits per heavy atom. The summed E-state index contributed by atoms with van der Waals surface area (Å²) in [6.07, 6.45) is 4.53. The molecule has 2 heterocycles. The minimum Gasteiger partial charge on any atom is -0.497 e. The van der Waals surface area contributed by atoms with Crippen molar-refractivity contribution in [3.05, 3.63) is 118 Å². The Balaban J connectivity index is 1.38. The molecule has 11 nitrogen and oxygen atoms in total. The molecule has 1 N–H and O–H groups in total. The number of non-ortho nitro benzene ring substituents is 1. The predicted octanol–water partition coefficient (Wildman–Crippen LogP) is 4.56. The lowest BCUT2D eigenvalue weighted by Gasteiger charge is -2.32. The zero-order valence-electron chi connectivity index (χ0n) is 23.5. The number of hydrogen-bond donors (Lipinski definition) is 1. The smallest absolute Gasteiger partial charge is 0.270 e. The molecule has 0 unspecified atom stereocenters. The normalized spacial score (nSPS) is 13.8. The van der Waals surface area contributed by atoms with Gasteiger partial charge >= 0.3 is 0 Å². The summed E-state index contributed by atoms with van der Waals surface area (Å²) in [6.45, 7) is 1.51. The number of amides is 1. The maximum absolute atomic E-state index is 13.3. The number of carbonyl (C=O) groups is 1. The number of nitro benzene ring substituents is 1. The molecule has 1 amide bonds. The van der Waals surface area contributed by atoms with Gasteiger partial charge in [0.25, 0.3) is 21.6 Å². The second-order valence-electron chi connectivity index (χ2n) is 10.4. The van der Waals surface area contributed by atoms with Crippen LogP contribution in [0.5, 0.6) is 5.75 Å². The fraction of sp³-hybridized carbons (Fsp3) is 0.258. The second kappa shape index (κ2) is 13.0. The van der Waals surface area contributed by atoms with Crippen molar-refractivity contribution in [3.63, 3.8) is 0 Å². The first-order chi connectivity index (χ1) is 20.7. The number of ether oxygens (including phenoxy) is 1. The van der Waals surface area contributed by atoms with Gasteiger partial charge in [0.15, 0.2) is 0 Å². The number of benzene rings is 3. The third kappa shape index (κ3) is 7.33. The molecule has 1 aliphatic rings. The van der Waals surface area contributed by atoms with Gasteiger partial charge in [-0.25, -0.2) is 23.1 Å². The van der Waals surface area contributed by atoms with Crippen molar-refractivity contribution in [3.8, 4) is 5.75 Å². The molecule has 4 aromatic rings. The van der Waals surface area contributed by atoms with Crippen LogP contribution in [-0.4, -0.2) is 49.4 Å². The fourth-order valence-electron chi connectivity index (χ4n) is 5.10. The van der Waals surface area contributed by atoms with Crippen molar-refractivity contribution in [2.75, 3.05) is 25.1 Å². The molecule has 1 fully saturated rings. The summed E-state index contributed by atoms with van der Waals surface area (Å²) in [5.74, 6) is 0.760. The molecule has 12 heteroatoms. The van der Waals surface area contributed by atoms with E-state index < -0.39 is 31.4 Å². The Kier molecular flexibility index (Phi) is 8.96. The van der Waals surface area contributed by atoms with Crippen LogP contribution in [0.1, 0.15) is 40.0 Å². The van der Waals surface area contributed by atoms with E-state index in [9.17, 15) is 23.3 Å². The number of anilines is 1. The van der Waals surface area contributed by atoms with Crippen LogP contribution >= 0.6 is 0 Å². The van der Waals surface area contributed by atoms with Gasteiger partial charge in [-0.05, 0) is 54.5 Å². The van der Waals surface area contributed by atoms with Crippen LogP contribution < -0.4 is 14.4 Å². The van der Waals surface area contributed by atoms with Crippen LogP contribution in [0.25, 0.3) is 0 Å². The highest BCUT2D eigenvalue weighted by Gasteiger charge is 2.26. The van der Waals surface area contributed by atoms with Gasteiger partial charge in [-0.2, -0.15) is 0 Å². The van der Waals surface area contributed by atoms with Gasteiger partial charge < -0.3 is 9.64 Å². The van der Waals surface area contributed by atoms with E-state index in [1.54, 1.807) is 19.2 Å². The Labute approximate surface area is 249 Å². The number of aromatic nitrogens is 2. The van der Waals surface area contributed by atoms with Gasteiger partial charge in [-0.15, -0.1) is 0 Å². The number of nitrogens with zero attached hydrogens (tertiary/aromatic N) is 4. The van der Waals surface area contributed by atoms with Gasteiger partial charge in [-0.1, -0.05) is 48.5 Å². The van der Waals surface area contributed by atoms with E-state index >= 15 is 0 Å². The lowest BCUT2D eigenvalue weighted by molar-refractivity contribution is -0.385. The Morgan fingerprint density at radius 1 is 1.02 bits per heavy atom. The molecular formula is C31H31N5O6S. The number of carbonyl (C=O) groups excluding carboxylic acids is 1. The summed E-state index contributed by atoms with van der Waals surface area (Å²) in [6, 6.07) is 22.2. The fourth-order valence-corrected chi connectivity index (χ4v) is 6.11. The molecule has 0 aliphatic carbocycles. The van der Waals surface area contributed by atoms with E-state index in [4.69, 9.17) is 9.72 Å². The standard InChI is InChI=1S/C31H31N5O6S/c1-42-26-12-10-23(11-13-26)19-29-28(30(37)34-43(40,41)27-9-5-8-25(20-27)36(38)39)21-32-31(33-29)35-16-14-24(15-17-35)18-22-6-3-2-4-7-22/h2-13,20-21,24H,14-19H2,1H3,(H,34,37). The van der Waals surface area contributed by atoms with Crippen molar-refractivity contribution < 1.29 is 22.9 Å². The Morgan fingerprint density at radius 3 is 2.42 bits per heavy atom. The van der Waals surface area contributed by atoms with Crippen molar-refractivity contribution in [1.29, 1.82) is 0 Å². The van der Waals surface area contributed by atoms with Crippen molar-refractivity contribution in [2.24, 2.45) is 5.92 Å². The summed E-state index contributed by atoms with van der Waals surface area (Å²) in [5.41, 5.74) is 2.09. The van der Waals surface area contributed by atoms with E-state index in [0.717, 1.165) is 44.0 Å². The molecule has 0 spiro atoms. The first-order valence-electron chi connectivity index (χ1n) is 13.8. The van der Waals surface area contributed by atoms with Crippen LogP contribution in [0, 0.1) is 16.0 Å². The van der Waals surface area contributed by atoms with Gasteiger partial charge in [0.05, 0.1) is 28.2 Å².